The number of piperidine rings is 1. The number of carbonyl (C=O) groups is 1. The van der Waals surface area contributed by atoms with Gasteiger partial charge in [-0.05, 0) is 31.0 Å². The SMILES string of the molecule is O=C(CCn1ccccc1=O)N1CCCC(c2nc3ccccc3[nH]2)C1. The molecule has 1 unspecified atom stereocenters. The molecule has 1 aromatic carbocycles. The molecule has 2 aromatic heterocycles. The van der Waals surface area contributed by atoms with E-state index in [1.54, 1.807) is 16.8 Å². The van der Waals surface area contributed by atoms with E-state index in [0.29, 0.717) is 19.5 Å². The number of carbonyl (C=O) groups excluding carboxylic acids is 1. The van der Waals surface area contributed by atoms with Crippen molar-refractivity contribution in [2.45, 2.75) is 31.7 Å². The van der Waals surface area contributed by atoms with Crippen LogP contribution in [0, 0.1) is 0 Å². The van der Waals surface area contributed by atoms with E-state index in [0.717, 1.165) is 36.2 Å². The minimum absolute atomic E-state index is 0.0703. The molecule has 1 aliphatic rings. The lowest BCUT2D eigenvalue weighted by Crippen LogP contribution is -2.40. The molecular weight excluding hydrogens is 328 g/mol. The highest BCUT2D eigenvalue weighted by Gasteiger charge is 2.26. The molecule has 1 N–H and O–H groups in total. The first kappa shape index (κ1) is 16.6. The zero-order chi connectivity index (χ0) is 17.9. The van der Waals surface area contributed by atoms with Crippen molar-refractivity contribution in [2.75, 3.05) is 13.1 Å². The molecule has 3 heterocycles. The van der Waals surface area contributed by atoms with Crippen molar-refractivity contribution in [2.24, 2.45) is 0 Å². The number of aryl methyl sites for hydroxylation is 1. The van der Waals surface area contributed by atoms with E-state index in [9.17, 15) is 9.59 Å². The molecule has 0 spiro atoms. The number of para-hydroxylation sites is 2. The number of nitrogens with zero attached hydrogens (tertiary/aromatic N) is 3. The number of nitrogens with one attached hydrogen (secondary N) is 1. The maximum Gasteiger partial charge on any atom is 0.250 e. The molecule has 3 aromatic rings. The molecule has 1 atom stereocenters. The third kappa shape index (κ3) is 3.40. The second kappa shape index (κ2) is 7.15. The minimum atomic E-state index is -0.0703. The van der Waals surface area contributed by atoms with Crippen molar-refractivity contribution in [1.82, 2.24) is 19.4 Å². The Bertz CT molecular complexity index is 942. The van der Waals surface area contributed by atoms with Crippen LogP contribution in [0.5, 0.6) is 0 Å². The van der Waals surface area contributed by atoms with Crippen LogP contribution < -0.4 is 5.56 Å². The first-order valence-electron chi connectivity index (χ1n) is 9.08. The third-order valence-electron chi connectivity index (χ3n) is 5.03. The summed E-state index contributed by atoms with van der Waals surface area (Å²) in [5.74, 6) is 1.30. The lowest BCUT2D eigenvalue weighted by Gasteiger charge is -2.32. The minimum Gasteiger partial charge on any atom is -0.342 e. The predicted molar refractivity (Wildman–Crippen MR) is 100.0 cm³/mol. The van der Waals surface area contributed by atoms with Crippen LogP contribution in [0.1, 0.15) is 31.0 Å². The number of aromatic nitrogens is 3. The Morgan fingerprint density at radius 1 is 1.19 bits per heavy atom. The van der Waals surface area contributed by atoms with Gasteiger partial charge in [0, 0.05) is 44.2 Å². The number of H-pyrrole nitrogens is 1. The van der Waals surface area contributed by atoms with Crippen molar-refractivity contribution in [3.8, 4) is 0 Å². The number of likely N-dealkylation sites (tertiary alicyclic amines) is 1. The molecule has 1 saturated heterocycles. The second-order valence-electron chi connectivity index (χ2n) is 6.80. The fourth-order valence-corrected chi connectivity index (χ4v) is 3.61. The molecule has 0 bridgehead atoms. The molecule has 6 heteroatoms. The summed E-state index contributed by atoms with van der Waals surface area (Å²) in [5, 5.41) is 0. The fourth-order valence-electron chi connectivity index (χ4n) is 3.61. The van der Waals surface area contributed by atoms with Gasteiger partial charge < -0.3 is 14.5 Å². The topological polar surface area (TPSA) is 71.0 Å². The average Bonchev–Trinajstić information content (AvgIpc) is 3.11. The number of pyridine rings is 1. The number of hydrogen-bond acceptors (Lipinski definition) is 3. The van der Waals surface area contributed by atoms with Gasteiger partial charge in [-0.25, -0.2) is 4.98 Å². The van der Waals surface area contributed by atoms with Gasteiger partial charge in [0.15, 0.2) is 0 Å². The maximum absolute atomic E-state index is 12.6. The number of fused-ring (bicyclic) bond motifs is 1. The highest BCUT2D eigenvalue weighted by Crippen LogP contribution is 2.27. The Balaban J connectivity index is 1.42. The zero-order valence-corrected chi connectivity index (χ0v) is 14.6. The predicted octanol–water partition coefficient (Wildman–Crippen LogP) is 2.52. The smallest absolute Gasteiger partial charge is 0.250 e. The Kier molecular flexibility index (Phi) is 4.56. The molecule has 1 aliphatic heterocycles. The Morgan fingerprint density at radius 3 is 2.88 bits per heavy atom. The maximum atomic E-state index is 12.6. The first-order valence-corrected chi connectivity index (χ1v) is 9.08. The molecule has 4 rings (SSSR count). The normalized spacial score (nSPS) is 17.5. The number of hydrogen-bond donors (Lipinski definition) is 1. The Morgan fingerprint density at radius 2 is 2.04 bits per heavy atom. The van der Waals surface area contributed by atoms with E-state index < -0.39 is 0 Å². The molecule has 26 heavy (non-hydrogen) atoms. The van der Waals surface area contributed by atoms with Crippen LogP contribution in [0.25, 0.3) is 11.0 Å². The monoisotopic (exact) mass is 350 g/mol. The molecule has 6 nitrogen and oxygen atoms in total. The highest BCUT2D eigenvalue weighted by molar-refractivity contribution is 5.76. The zero-order valence-electron chi connectivity index (χ0n) is 14.6. The van der Waals surface area contributed by atoms with Crippen LogP contribution in [0.2, 0.25) is 0 Å². The van der Waals surface area contributed by atoms with Gasteiger partial charge in [0.2, 0.25) is 5.91 Å². The van der Waals surface area contributed by atoms with E-state index in [2.05, 4.69) is 4.98 Å². The summed E-state index contributed by atoms with van der Waals surface area (Å²) < 4.78 is 1.58. The number of imidazole rings is 1. The van der Waals surface area contributed by atoms with Crippen LogP contribution in [0.4, 0.5) is 0 Å². The van der Waals surface area contributed by atoms with E-state index in [1.807, 2.05) is 35.2 Å². The highest BCUT2D eigenvalue weighted by atomic mass is 16.2. The van der Waals surface area contributed by atoms with Gasteiger partial charge in [-0.1, -0.05) is 18.2 Å². The summed E-state index contributed by atoms with van der Waals surface area (Å²) >= 11 is 0. The number of benzene rings is 1. The van der Waals surface area contributed by atoms with Gasteiger partial charge in [0.1, 0.15) is 5.82 Å². The summed E-state index contributed by atoms with van der Waals surface area (Å²) in [4.78, 5) is 34.4. The van der Waals surface area contributed by atoms with Gasteiger partial charge in [-0.15, -0.1) is 0 Å². The summed E-state index contributed by atoms with van der Waals surface area (Å²) in [6, 6.07) is 13.0. The fraction of sp³-hybridized carbons (Fsp3) is 0.350. The lowest BCUT2D eigenvalue weighted by molar-refractivity contribution is -0.132. The van der Waals surface area contributed by atoms with Gasteiger partial charge in [0.05, 0.1) is 11.0 Å². The quantitative estimate of drug-likeness (QED) is 0.786. The van der Waals surface area contributed by atoms with E-state index >= 15 is 0 Å². The van der Waals surface area contributed by atoms with Crippen molar-refractivity contribution >= 4 is 16.9 Å². The Hall–Kier alpha value is -2.89. The van der Waals surface area contributed by atoms with Gasteiger partial charge in [-0.2, -0.15) is 0 Å². The molecule has 1 fully saturated rings. The molecule has 0 aliphatic carbocycles. The van der Waals surface area contributed by atoms with Crippen LogP contribution in [-0.2, 0) is 11.3 Å². The molecule has 0 radical (unpaired) electrons. The molecule has 134 valence electrons. The number of amides is 1. The summed E-state index contributed by atoms with van der Waals surface area (Å²) in [7, 11) is 0. The van der Waals surface area contributed by atoms with Crippen LogP contribution in [0.15, 0.2) is 53.5 Å². The largest absolute Gasteiger partial charge is 0.342 e. The summed E-state index contributed by atoms with van der Waals surface area (Å²) in [6.45, 7) is 1.88. The Labute approximate surface area is 151 Å². The molecule has 1 amide bonds. The number of aromatic amines is 1. The van der Waals surface area contributed by atoms with Gasteiger partial charge >= 0.3 is 0 Å². The van der Waals surface area contributed by atoms with Crippen molar-refractivity contribution in [3.05, 3.63) is 64.8 Å². The first-order chi connectivity index (χ1) is 12.7. The van der Waals surface area contributed by atoms with E-state index in [4.69, 9.17) is 4.98 Å². The average molecular weight is 350 g/mol. The van der Waals surface area contributed by atoms with Crippen molar-refractivity contribution in [1.29, 1.82) is 0 Å². The van der Waals surface area contributed by atoms with Crippen LogP contribution in [0.3, 0.4) is 0 Å². The molecular formula is C20H22N4O2. The van der Waals surface area contributed by atoms with Crippen LogP contribution in [-0.4, -0.2) is 38.4 Å². The van der Waals surface area contributed by atoms with Crippen molar-refractivity contribution < 1.29 is 4.79 Å². The van der Waals surface area contributed by atoms with Crippen LogP contribution >= 0.6 is 0 Å². The third-order valence-corrected chi connectivity index (χ3v) is 5.03. The second-order valence-corrected chi connectivity index (χ2v) is 6.80. The van der Waals surface area contributed by atoms with Gasteiger partial charge in [0.25, 0.3) is 5.56 Å². The summed E-state index contributed by atoms with van der Waals surface area (Å²) in [6.07, 6.45) is 4.07. The summed E-state index contributed by atoms with van der Waals surface area (Å²) in [5.41, 5.74) is 1.93. The van der Waals surface area contributed by atoms with Gasteiger partial charge in [-0.3, -0.25) is 9.59 Å². The van der Waals surface area contributed by atoms with Crippen molar-refractivity contribution in [3.63, 3.8) is 0 Å². The van der Waals surface area contributed by atoms with E-state index in [1.165, 1.54) is 6.07 Å². The number of rotatable bonds is 4. The molecule has 0 saturated carbocycles. The standard InChI is InChI=1S/C20H22N4O2/c25-18-9-3-4-11-23(18)13-10-19(26)24-12-5-6-15(14-24)20-21-16-7-1-2-8-17(16)22-20/h1-4,7-9,11,15H,5-6,10,12-14H2,(H,21,22). The lowest BCUT2D eigenvalue weighted by atomic mass is 9.97. The van der Waals surface area contributed by atoms with E-state index in [-0.39, 0.29) is 17.4 Å².